The Bertz CT molecular complexity index is 483. The normalized spacial score (nSPS) is 19.9. The zero-order chi connectivity index (χ0) is 13.3. The highest BCUT2D eigenvalue weighted by Gasteiger charge is 2.30. The summed E-state index contributed by atoms with van der Waals surface area (Å²) in [5.41, 5.74) is -0.280. The number of nitro groups is 1. The van der Waals surface area contributed by atoms with Gasteiger partial charge >= 0.3 is 5.69 Å². The van der Waals surface area contributed by atoms with Crippen molar-refractivity contribution < 1.29 is 9.72 Å². The third-order valence-corrected chi connectivity index (χ3v) is 3.15. The molecule has 1 aromatic rings. The molecule has 1 aromatic heterocycles. The van der Waals surface area contributed by atoms with Crippen molar-refractivity contribution >= 4 is 11.6 Å². The van der Waals surface area contributed by atoms with Crippen molar-refractivity contribution in [1.82, 2.24) is 14.7 Å². The van der Waals surface area contributed by atoms with Gasteiger partial charge in [0.05, 0.1) is 4.92 Å². The Balaban J connectivity index is 2.25. The Kier molecular flexibility index (Phi) is 3.31. The highest BCUT2D eigenvalue weighted by Crippen LogP contribution is 2.22. The van der Waals surface area contributed by atoms with Crippen LogP contribution in [0.15, 0.2) is 6.20 Å². The second kappa shape index (κ2) is 4.75. The second-order valence-electron chi connectivity index (χ2n) is 4.79. The molecule has 7 nitrogen and oxygen atoms in total. The van der Waals surface area contributed by atoms with Crippen LogP contribution in [0.5, 0.6) is 0 Å². The summed E-state index contributed by atoms with van der Waals surface area (Å²) in [6, 6.07) is 0. The van der Waals surface area contributed by atoms with Crippen molar-refractivity contribution in [2.45, 2.75) is 19.8 Å². The van der Waals surface area contributed by atoms with Gasteiger partial charge in [-0.25, -0.2) is 0 Å². The molecular weight excluding hydrogens is 236 g/mol. The van der Waals surface area contributed by atoms with E-state index in [0.29, 0.717) is 19.0 Å². The monoisotopic (exact) mass is 252 g/mol. The minimum atomic E-state index is -0.562. The molecule has 1 aliphatic heterocycles. The molecule has 0 aliphatic carbocycles. The lowest BCUT2D eigenvalue weighted by molar-refractivity contribution is -0.385. The average molecular weight is 252 g/mol. The number of carbonyl (C=O) groups is 1. The van der Waals surface area contributed by atoms with Crippen LogP contribution in [0.1, 0.15) is 30.3 Å². The van der Waals surface area contributed by atoms with Gasteiger partial charge in [0, 0.05) is 20.1 Å². The molecule has 1 amide bonds. The molecule has 0 N–H and O–H groups in total. The maximum Gasteiger partial charge on any atom is 0.320 e. The second-order valence-corrected chi connectivity index (χ2v) is 4.79. The molecule has 1 aliphatic rings. The van der Waals surface area contributed by atoms with Crippen LogP contribution in [0, 0.1) is 16.0 Å². The molecule has 0 aromatic carbocycles. The molecule has 2 rings (SSSR count). The van der Waals surface area contributed by atoms with E-state index in [1.807, 2.05) is 0 Å². The fraction of sp³-hybridized carbons (Fsp3) is 0.636. The third kappa shape index (κ3) is 2.34. The van der Waals surface area contributed by atoms with Gasteiger partial charge in [-0.3, -0.25) is 19.6 Å². The number of aromatic nitrogens is 2. The van der Waals surface area contributed by atoms with E-state index in [-0.39, 0.29) is 17.3 Å². The molecule has 0 bridgehead atoms. The molecule has 98 valence electrons. The van der Waals surface area contributed by atoms with Gasteiger partial charge in [-0.05, 0) is 18.8 Å². The van der Waals surface area contributed by atoms with Gasteiger partial charge in [-0.2, -0.15) is 5.10 Å². The lowest BCUT2D eigenvalue weighted by atomic mass is 10.00. The average Bonchev–Trinajstić information content (AvgIpc) is 2.70. The largest absolute Gasteiger partial charge is 0.337 e. The summed E-state index contributed by atoms with van der Waals surface area (Å²) in [6.07, 6.45) is 3.29. The molecule has 2 heterocycles. The van der Waals surface area contributed by atoms with E-state index in [0.717, 1.165) is 12.8 Å². The molecule has 0 spiro atoms. The zero-order valence-corrected chi connectivity index (χ0v) is 10.5. The van der Waals surface area contributed by atoms with Crippen LogP contribution < -0.4 is 0 Å². The van der Waals surface area contributed by atoms with Crippen molar-refractivity contribution in [3.8, 4) is 0 Å². The predicted molar refractivity (Wildman–Crippen MR) is 64.2 cm³/mol. The first-order valence-corrected chi connectivity index (χ1v) is 5.96. The van der Waals surface area contributed by atoms with Crippen LogP contribution in [0.3, 0.4) is 0 Å². The maximum absolute atomic E-state index is 12.2. The fourth-order valence-electron chi connectivity index (χ4n) is 2.29. The first-order valence-electron chi connectivity index (χ1n) is 5.96. The van der Waals surface area contributed by atoms with Crippen molar-refractivity contribution in [1.29, 1.82) is 0 Å². The van der Waals surface area contributed by atoms with Crippen LogP contribution in [-0.2, 0) is 7.05 Å². The van der Waals surface area contributed by atoms with E-state index in [1.54, 1.807) is 11.9 Å². The number of hydrogen-bond donors (Lipinski definition) is 0. The van der Waals surface area contributed by atoms with Gasteiger partial charge in [0.15, 0.2) is 0 Å². The Morgan fingerprint density at radius 2 is 2.33 bits per heavy atom. The number of nitrogens with zero attached hydrogens (tertiary/aromatic N) is 4. The van der Waals surface area contributed by atoms with Crippen LogP contribution in [0.4, 0.5) is 5.69 Å². The van der Waals surface area contributed by atoms with Crippen LogP contribution in [0.2, 0.25) is 0 Å². The third-order valence-electron chi connectivity index (χ3n) is 3.15. The van der Waals surface area contributed by atoms with Crippen LogP contribution in [-0.4, -0.2) is 38.6 Å². The number of hydrogen-bond acceptors (Lipinski definition) is 4. The summed E-state index contributed by atoms with van der Waals surface area (Å²) in [5, 5.41) is 14.8. The smallest absolute Gasteiger partial charge is 0.320 e. The first kappa shape index (κ1) is 12.5. The van der Waals surface area contributed by atoms with Gasteiger partial charge in [-0.15, -0.1) is 0 Å². The standard InChI is InChI=1S/C11H16N4O3/c1-8-4-3-5-14(6-8)11(16)10-9(15(17)18)7-13(2)12-10/h7-8H,3-6H2,1-2H3/t8-/m1/s1. The minimum Gasteiger partial charge on any atom is -0.337 e. The summed E-state index contributed by atoms with van der Waals surface area (Å²) in [7, 11) is 1.57. The van der Waals surface area contributed by atoms with Crippen molar-refractivity contribution in [3.05, 3.63) is 22.0 Å². The highest BCUT2D eigenvalue weighted by atomic mass is 16.6. The molecule has 18 heavy (non-hydrogen) atoms. The number of carbonyl (C=O) groups excluding carboxylic acids is 1. The summed E-state index contributed by atoms with van der Waals surface area (Å²) < 4.78 is 1.30. The van der Waals surface area contributed by atoms with Gasteiger partial charge in [-0.1, -0.05) is 6.92 Å². The first-order chi connectivity index (χ1) is 8.49. The topological polar surface area (TPSA) is 81.3 Å². The molecule has 1 atom stereocenters. The van der Waals surface area contributed by atoms with Gasteiger partial charge in [0.1, 0.15) is 6.20 Å². The number of rotatable bonds is 2. The SMILES string of the molecule is C[C@@H]1CCCN(C(=O)c2nn(C)cc2[N+](=O)[O-])C1. The number of amides is 1. The Morgan fingerprint density at radius 1 is 1.61 bits per heavy atom. The zero-order valence-electron chi connectivity index (χ0n) is 10.5. The molecule has 0 radical (unpaired) electrons. The van der Waals surface area contributed by atoms with Crippen LogP contribution in [0.25, 0.3) is 0 Å². The van der Waals surface area contributed by atoms with Crippen molar-refractivity contribution in [3.63, 3.8) is 0 Å². The van der Waals surface area contributed by atoms with E-state index >= 15 is 0 Å². The summed E-state index contributed by atoms with van der Waals surface area (Å²) in [4.78, 5) is 24.2. The maximum atomic E-state index is 12.2. The molecule has 1 fully saturated rings. The lowest BCUT2D eigenvalue weighted by Crippen LogP contribution is -2.39. The predicted octanol–water partition coefficient (Wildman–Crippen LogP) is 1.20. The molecule has 0 unspecified atom stereocenters. The molecular formula is C11H16N4O3. The number of piperidine rings is 1. The van der Waals surface area contributed by atoms with E-state index in [4.69, 9.17) is 0 Å². The van der Waals surface area contributed by atoms with E-state index in [2.05, 4.69) is 12.0 Å². The summed E-state index contributed by atoms with van der Waals surface area (Å²) in [6.45, 7) is 3.37. The van der Waals surface area contributed by atoms with E-state index < -0.39 is 4.92 Å². The van der Waals surface area contributed by atoms with Crippen molar-refractivity contribution in [2.24, 2.45) is 13.0 Å². The van der Waals surface area contributed by atoms with Gasteiger partial charge < -0.3 is 4.90 Å². The Hall–Kier alpha value is -1.92. The Morgan fingerprint density at radius 3 is 2.94 bits per heavy atom. The number of aryl methyl sites for hydroxylation is 1. The summed E-state index contributed by atoms with van der Waals surface area (Å²) >= 11 is 0. The summed E-state index contributed by atoms with van der Waals surface area (Å²) in [5.74, 6) is 0.0966. The van der Waals surface area contributed by atoms with Crippen LogP contribution >= 0.6 is 0 Å². The van der Waals surface area contributed by atoms with Gasteiger partial charge in [0.25, 0.3) is 5.91 Å². The Labute approximate surface area is 105 Å². The molecule has 1 saturated heterocycles. The van der Waals surface area contributed by atoms with Crippen molar-refractivity contribution in [2.75, 3.05) is 13.1 Å². The quantitative estimate of drug-likeness (QED) is 0.585. The van der Waals surface area contributed by atoms with E-state index in [9.17, 15) is 14.9 Å². The fourth-order valence-corrected chi connectivity index (χ4v) is 2.29. The minimum absolute atomic E-state index is 0.0587. The lowest BCUT2D eigenvalue weighted by Gasteiger charge is -2.30. The van der Waals surface area contributed by atoms with E-state index in [1.165, 1.54) is 10.9 Å². The number of likely N-dealkylation sites (tertiary alicyclic amines) is 1. The van der Waals surface area contributed by atoms with Gasteiger partial charge in [0.2, 0.25) is 5.69 Å². The highest BCUT2D eigenvalue weighted by molar-refractivity contribution is 5.96. The molecule has 0 saturated carbocycles. The molecule has 7 heteroatoms.